The summed E-state index contributed by atoms with van der Waals surface area (Å²) in [6.45, 7) is 3.38. The molecular formula is C21H25N3O4. The number of H-pyrrole nitrogens is 1. The van der Waals surface area contributed by atoms with Crippen molar-refractivity contribution in [3.63, 3.8) is 0 Å². The molecule has 7 nitrogen and oxygen atoms in total. The lowest BCUT2D eigenvalue weighted by molar-refractivity contribution is 0.277. The van der Waals surface area contributed by atoms with E-state index in [2.05, 4.69) is 27.9 Å². The summed E-state index contributed by atoms with van der Waals surface area (Å²) >= 11 is 0. The molecule has 7 heteroatoms. The number of furan rings is 1. The molecule has 0 bridgehead atoms. The summed E-state index contributed by atoms with van der Waals surface area (Å²) in [7, 11) is 5.07. The Bertz CT molecular complexity index is 1060. The number of nitrogens with one attached hydrogen (secondary N) is 1. The molecule has 0 spiro atoms. The fraction of sp³-hybridized carbons (Fsp3) is 0.429. The van der Waals surface area contributed by atoms with Crippen LogP contribution in [0.4, 0.5) is 0 Å². The van der Waals surface area contributed by atoms with Crippen molar-refractivity contribution < 1.29 is 13.9 Å². The molecule has 148 valence electrons. The molecule has 0 saturated heterocycles. The molecule has 1 aliphatic carbocycles. The van der Waals surface area contributed by atoms with Crippen LogP contribution in [-0.2, 0) is 13.1 Å². The van der Waals surface area contributed by atoms with Gasteiger partial charge in [0.25, 0.3) is 5.56 Å². The topological polar surface area (TPSA) is 80.6 Å². The molecule has 1 N–H and O–H groups in total. The number of nitrogens with zero attached hydrogens (tertiary/aromatic N) is 2. The number of aromatic amines is 1. The molecule has 0 amide bonds. The van der Waals surface area contributed by atoms with Gasteiger partial charge in [-0.15, -0.1) is 0 Å². The van der Waals surface area contributed by atoms with E-state index in [9.17, 15) is 4.79 Å². The van der Waals surface area contributed by atoms with Gasteiger partial charge < -0.3 is 18.9 Å². The smallest absolute Gasteiger partial charge is 0.258 e. The SMILES string of the molecule is COc1cc2nc(CN(C)Cc3ccc([C@@H]4C[C@@H]4C)o3)[nH]c(=O)c2cc1OC. The predicted octanol–water partition coefficient (Wildman–Crippen LogP) is 3.29. The highest BCUT2D eigenvalue weighted by atomic mass is 16.5. The molecular weight excluding hydrogens is 358 g/mol. The van der Waals surface area contributed by atoms with E-state index in [1.165, 1.54) is 6.42 Å². The molecule has 2 heterocycles. The lowest BCUT2D eigenvalue weighted by Gasteiger charge is -2.15. The molecule has 28 heavy (non-hydrogen) atoms. The van der Waals surface area contributed by atoms with Crippen LogP contribution in [0, 0.1) is 5.92 Å². The Morgan fingerprint density at radius 3 is 2.61 bits per heavy atom. The maximum Gasteiger partial charge on any atom is 0.258 e. The minimum atomic E-state index is -0.197. The normalized spacial score (nSPS) is 18.6. The Kier molecular flexibility index (Phi) is 4.85. The van der Waals surface area contributed by atoms with Gasteiger partial charge >= 0.3 is 0 Å². The van der Waals surface area contributed by atoms with Gasteiger partial charge in [0, 0.05) is 12.0 Å². The number of methoxy groups -OCH3 is 2. The number of ether oxygens (including phenoxy) is 2. The Balaban J connectivity index is 1.52. The third kappa shape index (κ3) is 3.62. The van der Waals surface area contributed by atoms with Gasteiger partial charge in [0.2, 0.25) is 0 Å². The number of aromatic nitrogens is 2. The average Bonchev–Trinajstić information content (AvgIpc) is 3.22. The zero-order valence-corrected chi connectivity index (χ0v) is 16.6. The zero-order valence-electron chi connectivity index (χ0n) is 16.6. The molecule has 1 fully saturated rings. The molecule has 1 aromatic carbocycles. The van der Waals surface area contributed by atoms with E-state index in [0.29, 0.717) is 47.2 Å². The van der Waals surface area contributed by atoms with E-state index in [4.69, 9.17) is 13.9 Å². The largest absolute Gasteiger partial charge is 0.493 e. The summed E-state index contributed by atoms with van der Waals surface area (Å²) < 4.78 is 16.6. The zero-order chi connectivity index (χ0) is 19.8. The van der Waals surface area contributed by atoms with Crippen molar-refractivity contribution in [1.82, 2.24) is 14.9 Å². The third-order valence-corrected chi connectivity index (χ3v) is 5.26. The lowest BCUT2D eigenvalue weighted by Crippen LogP contribution is -2.21. The lowest BCUT2D eigenvalue weighted by atomic mass is 10.2. The Morgan fingerprint density at radius 1 is 1.21 bits per heavy atom. The molecule has 2 atom stereocenters. The fourth-order valence-electron chi connectivity index (χ4n) is 3.56. The molecule has 2 aromatic heterocycles. The van der Waals surface area contributed by atoms with Crippen LogP contribution in [0.25, 0.3) is 10.9 Å². The summed E-state index contributed by atoms with van der Waals surface area (Å²) in [6, 6.07) is 7.48. The van der Waals surface area contributed by atoms with Crippen molar-refractivity contribution >= 4 is 10.9 Å². The van der Waals surface area contributed by atoms with Gasteiger partial charge in [-0.1, -0.05) is 6.92 Å². The number of benzene rings is 1. The van der Waals surface area contributed by atoms with E-state index in [1.54, 1.807) is 26.4 Å². The van der Waals surface area contributed by atoms with Crippen LogP contribution in [0.15, 0.2) is 33.5 Å². The van der Waals surface area contributed by atoms with Crippen LogP contribution in [0.2, 0.25) is 0 Å². The van der Waals surface area contributed by atoms with Crippen molar-refractivity contribution in [2.45, 2.75) is 32.4 Å². The minimum absolute atomic E-state index is 0.197. The summed E-state index contributed by atoms with van der Waals surface area (Å²) in [5, 5.41) is 0.471. The fourth-order valence-corrected chi connectivity index (χ4v) is 3.56. The van der Waals surface area contributed by atoms with Crippen LogP contribution < -0.4 is 15.0 Å². The second-order valence-electron chi connectivity index (χ2n) is 7.53. The first-order valence-electron chi connectivity index (χ1n) is 9.40. The molecule has 1 aliphatic rings. The van der Waals surface area contributed by atoms with Gasteiger partial charge in [-0.05, 0) is 37.6 Å². The standard InChI is InChI=1S/C21H25N3O4/c1-12-7-14(12)17-6-5-13(28-17)10-24(2)11-20-22-16-9-19(27-4)18(26-3)8-15(16)21(25)23-20/h5-6,8-9,12,14H,7,10-11H2,1-4H3,(H,22,23,25)/t12-,14+/m0/s1. The second-order valence-corrected chi connectivity index (χ2v) is 7.53. The van der Waals surface area contributed by atoms with Crippen LogP contribution in [0.1, 0.15) is 36.6 Å². The van der Waals surface area contributed by atoms with Crippen molar-refractivity contribution in [3.05, 3.63) is 52.0 Å². The first-order chi connectivity index (χ1) is 13.5. The number of fused-ring (bicyclic) bond motifs is 1. The number of hydrogen-bond donors (Lipinski definition) is 1. The molecule has 4 rings (SSSR count). The quantitative estimate of drug-likeness (QED) is 0.674. The van der Waals surface area contributed by atoms with Gasteiger partial charge in [-0.2, -0.15) is 0 Å². The minimum Gasteiger partial charge on any atom is -0.493 e. The molecule has 3 aromatic rings. The van der Waals surface area contributed by atoms with Crippen LogP contribution in [0.5, 0.6) is 11.5 Å². The van der Waals surface area contributed by atoms with Crippen molar-refractivity contribution in [1.29, 1.82) is 0 Å². The summed E-state index contributed by atoms with van der Waals surface area (Å²) in [6.07, 6.45) is 1.21. The first kappa shape index (κ1) is 18.6. The number of rotatable bonds is 7. The van der Waals surface area contributed by atoms with Crippen molar-refractivity contribution in [3.8, 4) is 11.5 Å². The van der Waals surface area contributed by atoms with Gasteiger partial charge in [-0.3, -0.25) is 9.69 Å². The van der Waals surface area contributed by atoms with Crippen LogP contribution in [0.3, 0.4) is 0 Å². The first-order valence-corrected chi connectivity index (χ1v) is 9.40. The van der Waals surface area contributed by atoms with Gasteiger partial charge in [0.05, 0.1) is 38.2 Å². The highest BCUT2D eigenvalue weighted by Gasteiger charge is 2.36. The molecule has 0 aliphatic heterocycles. The predicted molar refractivity (Wildman–Crippen MR) is 106 cm³/mol. The van der Waals surface area contributed by atoms with E-state index >= 15 is 0 Å². The highest BCUT2D eigenvalue weighted by molar-refractivity contribution is 5.81. The van der Waals surface area contributed by atoms with E-state index in [1.807, 2.05) is 13.1 Å². The Morgan fingerprint density at radius 2 is 1.93 bits per heavy atom. The molecule has 1 saturated carbocycles. The summed E-state index contributed by atoms with van der Waals surface area (Å²) in [4.78, 5) is 22.0. The summed E-state index contributed by atoms with van der Waals surface area (Å²) in [5.41, 5.74) is 0.380. The molecule has 0 radical (unpaired) electrons. The van der Waals surface area contributed by atoms with Gasteiger partial charge in [0.1, 0.15) is 17.3 Å². The highest BCUT2D eigenvalue weighted by Crippen LogP contribution is 2.47. The van der Waals surface area contributed by atoms with E-state index in [0.717, 1.165) is 17.4 Å². The monoisotopic (exact) mass is 383 g/mol. The summed E-state index contributed by atoms with van der Waals surface area (Å²) in [5.74, 6) is 4.94. The number of hydrogen-bond acceptors (Lipinski definition) is 6. The maximum absolute atomic E-state index is 12.5. The van der Waals surface area contributed by atoms with Gasteiger partial charge in [-0.25, -0.2) is 4.98 Å². The van der Waals surface area contributed by atoms with Crippen LogP contribution in [-0.4, -0.2) is 36.1 Å². The Labute approximate surface area is 163 Å². The van der Waals surface area contributed by atoms with E-state index < -0.39 is 0 Å². The average molecular weight is 383 g/mol. The second kappa shape index (κ2) is 7.31. The molecule has 0 unspecified atom stereocenters. The van der Waals surface area contributed by atoms with Crippen molar-refractivity contribution in [2.24, 2.45) is 5.92 Å². The van der Waals surface area contributed by atoms with Crippen molar-refractivity contribution in [2.75, 3.05) is 21.3 Å². The van der Waals surface area contributed by atoms with Crippen LogP contribution >= 0.6 is 0 Å². The maximum atomic E-state index is 12.5. The van der Waals surface area contributed by atoms with E-state index in [-0.39, 0.29) is 5.56 Å². The Hall–Kier alpha value is -2.80. The third-order valence-electron chi connectivity index (χ3n) is 5.26. The van der Waals surface area contributed by atoms with Gasteiger partial charge in [0.15, 0.2) is 11.5 Å².